The van der Waals surface area contributed by atoms with E-state index in [-0.39, 0.29) is 9.04 Å². The fourth-order valence-electron chi connectivity index (χ4n) is 0.898. The molecule has 0 saturated carbocycles. The summed E-state index contributed by atoms with van der Waals surface area (Å²) in [6.45, 7) is 0. The van der Waals surface area contributed by atoms with Crippen molar-refractivity contribution >= 4 is 65.3 Å². The molecule has 0 spiro atoms. The van der Waals surface area contributed by atoms with Crippen LogP contribution in [0.3, 0.4) is 0 Å². The molecule has 1 aliphatic rings. The second kappa shape index (κ2) is 2.69. The molecule has 1 fully saturated rings. The lowest BCUT2D eigenvalue weighted by Crippen LogP contribution is -2.45. The Bertz CT molecular complexity index is 109. The third-order valence-corrected chi connectivity index (χ3v) is 43.9. The second-order valence-corrected chi connectivity index (χ2v) is 34.1. The first-order chi connectivity index (χ1) is 3.96. The van der Waals surface area contributed by atoms with E-state index in [4.69, 9.17) is 44.3 Å². The molecule has 54 valence electrons. The first kappa shape index (κ1) is 8.90. The van der Waals surface area contributed by atoms with Gasteiger partial charge in [-0.1, -0.05) is 6.04 Å². The second-order valence-electron chi connectivity index (χ2n) is 2.26. The molecule has 7 heteroatoms. The minimum Gasteiger partial charge on any atom is -0.151 e. The zero-order chi connectivity index (χ0) is 7.12. The van der Waals surface area contributed by atoms with Crippen LogP contribution in [0.15, 0.2) is 0 Å². The van der Waals surface area contributed by atoms with E-state index in [1.807, 2.05) is 0 Å². The quantitative estimate of drug-likeness (QED) is 0.459. The first-order valence-electron chi connectivity index (χ1n) is 2.71. The fraction of sp³-hybridized carbons (Fsp3) is 1.00. The maximum absolute atomic E-state index is 6.02. The zero-order valence-electron chi connectivity index (χ0n) is 4.63. The van der Waals surface area contributed by atoms with Crippen LogP contribution in [0.1, 0.15) is 0 Å². The summed E-state index contributed by atoms with van der Waals surface area (Å²) in [7, 11) is -0.265. The summed E-state index contributed by atoms with van der Waals surface area (Å²) in [6.07, 6.45) is -2.09. The standard InChI is InChI=1S/C2H6Cl4Si3/c3-8(4)2-1-7-9(8,5)6/h1-2,7H2. The van der Waals surface area contributed by atoms with Crippen LogP contribution in [-0.2, 0) is 0 Å². The molecular weight excluding hydrogens is 250 g/mol. The summed E-state index contributed by atoms with van der Waals surface area (Å²) >= 11 is 24.0. The highest BCUT2D eigenvalue weighted by molar-refractivity contribution is 8.04. The average molecular weight is 256 g/mol. The highest BCUT2D eigenvalue weighted by Crippen LogP contribution is 2.42. The van der Waals surface area contributed by atoms with Gasteiger partial charge in [0, 0.05) is 0 Å². The molecule has 0 radical (unpaired) electrons. The summed E-state index contributed by atoms with van der Waals surface area (Å²) in [5, 5.41) is 0. The van der Waals surface area contributed by atoms with Crippen LogP contribution in [0.5, 0.6) is 0 Å². The molecule has 9 heavy (non-hydrogen) atoms. The van der Waals surface area contributed by atoms with Crippen LogP contribution >= 0.6 is 44.3 Å². The fourth-order valence-corrected chi connectivity index (χ4v) is 29.4. The van der Waals surface area contributed by atoms with Gasteiger partial charge in [0.05, 0.1) is 9.04 Å². The molecule has 0 bridgehead atoms. The minimum absolute atomic E-state index is 0.265. The van der Waals surface area contributed by atoms with E-state index < -0.39 is 11.9 Å². The normalized spacial score (nSPS) is 33.3. The topological polar surface area (TPSA) is 0 Å². The van der Waals surface area contributed by atoms with E-state index in [0.717, 1.165) is 6.04 Å². The van der Waals surface area contributed by atoms with Gasteiger partial charge in [0.15, 0.2) is 0 Å². The maximum Gasteiger partial charge on any atom is 0.269 e. The molecule has 0 aromatic rings. The Kier molecular flexibility index (Phi) is 2.67. The summed E-state index contributed by atoms with van der Waals surface area (Å²) < 4.78 is 0. The largest absolute Gasteiger partial charge is 0.269 e. The van der Waals surface area contributed by atoms with E-state index >= 15 is 0 Å². The number of hydrogen-bond acceptors (Lipinski definition) is 0. The molecule has 1 rings (SSSR count). The Morgan fingerprint density at radius 3 is 1.78 bits per heavy atom. The van der Waals surface area contributed by atoms with Crippen molar-refractivity contribution in [3.05, 3.63) is 0 Å². The van der Waals surface area contributed by atoms with Gasteiger partial charge in [-0.3, -0.25) is 0 Å². The molecule has 0 N–H and O–H groups in total. The minimum atomic E-state index is -2.09. The van der Waals surface area contributed by atoms with Crippen LogP contribution < -0.4 is 0 Å². The van der Waals surface area contributed by atoms with Gasteiger partial charge in [0.25, 0.3) is 11.9 Å². The third-order valence-electron chi connectivity index (χ3n) is 1.52. The molecular formula is C2H6Cl4Si3. The number of halogens is 4. The van der Waals surface area contributed by atoms with E-state index in [1.165, 1.54) is 6.04 Å². The zero-order valence-corrected chi connectivity index (χ0v) is 11.1. The predicted molar refractivity (Wildman–Crippen MR) is 53.1 cm³/mol. The average Bonchev–Trinajstić information content (AvgIpc) is 1.81. The molecule has 0 amide bonds. The van der Waals surface area contributed by atoms with E-state index in [9.17, 15) is 0 Å². The van der Waals surface area contributed by atoms with Gasteiger partial charge in [-0.05, 0) is 6.04 Å². The number of rotatable bonds is 0. The van der Waals surface area contributed by atoms with E-state index in [1.54, 1.807) is 0 Å². The van der Waals surface area contributed by atoms with Crippen LogP contribution in [0.25, 0.3) is 0 Å². The Balaban J connectivity index is 2.75. The lowest BCUT2D eigenvalue weighted by molar-refractivity contribution is 1.45. The van der Waals surface area contributed by atoms with Gasteiger partial charge >= 0.3 is 0 Å². The van der Waals surface area contributed by atoms with Crippen molar-refractivity contribution < 1.29 is 0 Å². The van der Waals surface area contributed by atoms with Gasteiger partial charge in [-0.25, -0.2) is 0 Å². The molecule has 1 saturated heterocycles. The molecule has 0 aromatic carbocycles. The SMILES string of the molecule is Cl[Si]1(Cl)CC[SiH2][Si]1(Cl)Cl. The van der Waals surface area contributed by atoms with Crippen LogP contribution in [-0.4, -0.2) is 21.0 Å². The highest BCUT2D eigenvalue weighted by Gasteiger charge is 2.56. The third kappa shape index (κ3) is 1.69. The van der Waals surface area contributed by atoms with Gasteiger partial charge in [0.2, 0.25) is 0 Å². The van der Waals surface area contributed by atoms with E-state index in [2.05, 4.69) is 0 Å². The summed E-state index contributed by atoms with van der Waals surface area (Å²) in [5.41, 5.74) is -2.01. The maximum atomic E-state index is 6.02. The van der Waals surface area contributed by atoms with Crippen LogP contribution in [0.2, 0.25) is 12.1 Å². The lowest BCUT2D eigenvalue weighted by Gasteiger charge is -2.18. The van der Waals surface area contributed by atoms with Crippen LogP contribution in [0.4, 0.5) is 0 Å². The first-order valence-corrected chi connectivity index (χ1v) is 15.3. The smallest absolute Gasteiger partial charge is 0.151 e. The van der Waals surface area contributed by atoms with Gasteiger partial charge < -0.3 is 0 Å². The Morgan fingerprint density at radius 1 is 1.11 bits per heavy atom. The van der Waals surface area contributed by atoms with Gasteiger partial charge in [0.1, 0.15) is 0 Å². The summed E-state index contributed by atoms with van der Waals surface area (Å²) in [6, 6.07) is 2.11. The van der Waals surface area contributed by atoms with Gasteiger partial charge in [-0.15, -0.1) is 22.2 Å². The van der Waals surface area contributed by atoms with Crippen molar-refractivity contribution in [2.45, 2.75) is 12.1 Å². The summed E-state index contributed by atoms with van der Waals surface area (Å²) in [4.78, 5) is 0. The van der Waals surface area contributed by atoms with Crippen molar-refractivity contribution in [2.75, 3.05) is 0 Å². The van der Waals surface area contributed by atoms with Crippen molar-refractivity contribution in [1.29, 1.82) is 0 Å². The highest BCUT2D eigenvalue weighted by atomic mass is 35.8. The molecule has 1 aliphatic heterocycles. The lowest BCUT2D eigenvalue weighted by atomic mass is 11.0. The van der Waals surface area contributed by atoms with Crippen LogP contribution in [0, 0.1) is 0 Å². The van der Waals surface area contributed by atoms with E-state index in [0.29, 0.717) is 0 Å². The van der Waals surface area contributed by atoms with Crippen molar-refractivity contribution in [3.8, 4) is 0 Å². The predicted octanol–water partition coefficient (Wildman–Crippen LogP) is 2.00. The molecule has 1 heterocycles. The Morgan fingerprint density at radius 2 is 1.67 bits per heavy atom. The van der Waals surface area contributed by atoms with Crippen molar-refractivity contribution in [3.63, 3.8) is 0 Å². The number of hydrogen-bond donors (Lipinski definition) is 0. The molecule has 0 nitrogen and oxygen atoms in total. The monoisotopic (exact) mass is 254 g/mol. The molecule has 0 atom stereocenters. The Hall–Kier alpha value is 1.81. The summed E-state index contributed by atoms with van der Waals surface area (Å²) in [5.74, 6) is 0. The molecule has 0 unspecified atom stereocenters. The molecule has 0 aliphatic carbocycles. The Labute approximate surface area is 77.0 Å². The molecule has 0 aromatic heterocycles. The van der Waals surface area contributed by atoms with Gasteiger partial charge in [-0.2, -0.15) is 22.2 Å². The van der Waals surface area contributed by atoms with Crippen molar-refractivity contribution in [2.24, 2.45) is 0 Å². The van der Waals surface area contributed by atoms with Crippen molar-refractivity contribution in [1.82, 2.24) is 0 Å².